The van der Waals surface area contributed by atoms with Crippen molar-refractivity contribution < 1.29 is 13.9 Å². The van der Waals surface area contributed by atoms with Gasteiger partial charge in [-0.2, -0.15) is 0 Å². The molecule has 0 spiro atoms. The lowest BCUT2D eigenvalue weighted by Gasteiger charge is -2.29. The second-order valence-electron chi connectivity index (χ2n) is 4.59. The van der Waals surface area contributed by atoms with Gasteiger partial charge in [-0.1, -0.05) is 13.0 Å². The lowest BCUT2D eigenvalue weighted by Crippen LogP contribution is -2.41. The number of carbonyl (C=O) groups is 1. The number of ether oxygens (including phenoxy) is 1. The van der Waals surface area contributed by atoms with Crippen LogP contribution in [0.15, 0.2) is 18.2 Å². The van der Waals surface area contributed by atoms with E-state index in [1.165, 1.54) is 12.1 Å². The second kappa shape index (κ2) is 6.52. The predicted molar refractivity (Wildman–Crippen MR) is 72.9 cm³/mol. The molecule has 0 aliphatic carbocycles. The molecule has 1 unspecified atom stereocenters. The zero-order valence-electron chi connectivity index (χ0n) is 11.4. The molecule has 1 atom stereocenters. The van der Waals surface area contributed by atoms with Crippen LogP contribution in [0.3, 0.4) is 0 Å². The number of rotatable bonds is 6. The quantitative estimate of drug-likeness (QED) is 0.610. The summed E-state index contributed by atoms with van der Waals surface area (Å²) < 4.78 is 18.5. The molecule has 0 saturated carbocycles. The topological polar surface area (TPSA) is 78.3 Å². The summed E-state index contributed by atoms with van der Waals surface area (Å²) in [6.45, 7) is 4.08. The van der Waals surface area contributed by atoms with Gasteiger partial charge in [0.1, 0.15) is 5.82 Å². The Bertz CT molecular complexity index is 445. The van der Waals surface area contributed by atoms with Gasteiger partial charge in [-0.3, -0.25) is 4.79 Å². The molecule has 0 saturated heterocycles. The molecule has 0 aromatic heterocycles. The molecule has 0 fully saturated rings. The zero-order valence-corrected chi connectivity index (χ0v) is 11.4. The van der Waals surface area contributed by atoms with E-state index in [-0.39, 0.29) is 18.2 Å². The van der Waals surface area contributed by atoms with Gasteiger partial charge < -0.3 is 16.2 Å². The molecule has 0 radical (unpaired) electrons. The van der Waals surface area contributed by atoms with Crippen LogP contribution < -0.4 is 11.5 Å². The fourth-order valence-electron chi connectivity index (χ4n) is 2.00. The molecular formula is C14H21FN2O2. The Morgan fingerprint density at radius 3 is 2.58 bits per heavy atom. The number of nitrogens with two attached hydrogens (primary N) is 2. The Morgan fingerprint density at radius 1 is 1.42 bits per heavy atom. The lowest BCUT2D eigenvalue weighted by molar-refractivity contribution is -0.155. The number of carbonyl (C=O) groups excluding carboxylic acids is 1. The molecule has 0 amide bonds. The highest BCUT2D eigenvalue weighted by Crippen LogP contribution is 2.29. The maximum atomic E-state index is 13.4. The van der Waals surface area contributed by atoms with Crippen LogP contribution in [0.2, 0.25) is 0 Å². The maximum Gasteiger partial charge on any atom is 0.313 e. The third-order valence-electron chi connectivity index (χ3n) is 3.38. The van der Waals surface area contributed by atoms with E-state index in [0.29, 0.717) is 25.0 Å². The molecule has 4 nitrogen and oxygen atoms in total. The Labute approximate surface area is 112 Å². The highest BCUT2D eigenvalue weighted by atomic mass is 19.1. The van der Waals surface area contributed by atoms with Crippen molar-refractivity contribution in [2.75, 3.05) is 18.9 Å². The van der Waals surface area contributed by atoms with Crippen LogP contribution in [-0.2, 0) is 16.0 Å². The second-order valence-corrected chi connectivity index (χ2v) is 4.59. The zero-order chi connectivity index (χ0) is 14.5. The molecule has 1 aromatic rings. The molecule has 0 aliphatic heterocycles. The average Bonchev–Trinajstić information content (AvgIpc) is 2.40. The van der Waals surface area contributed by atoms with Gasteiger partial charge >= 0.3 is 5.97 Å². The van der Waals surface area contributed by atoms with E-state index in [9.17, 15) is 9.18 Å². The van der Waals surface area contributed by atoms with Crippen molar-refractivity contribution in [3.63, 3.8) is 0 Å². The number of nitrogen functional groups attached to an aromatic ring is 1. The number of hydrogen-bond acceptors (Lipinski definition) is 4. The summed E-state index contributed by atoms with van der Waals surface area (Å²) >= 11 is 0. The summed E-state index contributed by atoms with van der Waals surface area (Å²) in [6.07, 6.45) is 0.879. The number of benzene rings is 1. The van der Waals surface area contributed by atoms with Gasteiger partial charge in [0.05, 0.1) is 17.7 Å². The van der Waals surface area contributed by atoms with Crippen molar-refractivity contribution in [3.8, 4) is 0 Å². The van der Waals surface area contributed by atoms with E-state index in [4.69, 9.17) is 16.2 Å². The Kier molecular flexibility index (Phi) is 5.30. The first-order chi connectivity index (χ1) is 8.99. The molecule has 0 aliphatic rings. The minimum Gasteiger partial charge on any atom is -0.466 e. The van der Waals surface area contributed by atoms with E-state index >= 15 is 0 Å². The summed E-state index contributed by atoms with van der Waals surface area (Å²) in [5, 5.41) is 0. The molecule has 4 N–H and O–H groups in total. The number of anilines is 1. The van der Waals surface area contributed by atoms with Gasteiger partial charge in [-0.25, -0.2) is 4.39 Å². The van der Waals surface area contributed by atoms with Gasteiger partial charge in [-0.15, -0.1) is 0 Å². The predicted octanol–water partition coefficient (Wildman–Crippen LogP) is 1.87. The van der Waals surface area contributed by atoms with Crippen LogP contribution in [0.1, 0.15) is 25.8 Å². The lowest BCUT2D eigenvalue weighted by atomic mass is 9.79. The fraction of sp³-hybridized carbons (Fsp3) is 0.500. The Balaban J connectivity index is 3.00. The van der Waals surface area contributed by atoms with Crippen LogP contribution in [0.25, 0.3) is 0 Å². The smallest absolute Gasteiger partial charge is 0.313 e. The van der Waals surface area contributed by atoms with E-state index in [2.05, 4.69) is 0 Å². The molecule has 0 bridgehead atoms. The standard InChI is InChI=1S/C14H21FN2O2/c1-3-14(9-16,13(18)19-4-2)8-10-5-6-12(17)11(15)7-10/h5-7H,3-4,8-9,16-17H2,1-2H3. The van der Waals surface area contributed by atoms with Crippen LogP contribution >= 0.6 is 0 Å². The third-order valence-corrected chi connectivity index (χ3v) is 3.38. The molecule has 19 heavy (non-hydrogen) atoms. The number of halogens is 1. The van der Waals surface area contributed by atoms with Crippen molar-refractivity contribution in [1.29, 1.82) is 0 Å². The van der Waals surface area contributed by atoms with Gasteiger partial charge in [0, 0.05) is 6.54 Å². The Hall–Kier alpha value is -1.62. The first kappa shape index (κ1) is 15.4. The van der Waals surface area contributed by atoms with Gasteiger partial charge in [0.15, 0.2) is 0 Å². The van der Waals surface area contributed by atoms with Crippen LogP contribution in [0.5, 0.6) is 0 Å². The summed E-state index contributed by atoms with van der Waals surface area (Å²) in [6, 6.07) is 4.54. The van der Waals surface area contributed by atoms with Crippen molar-refractivity contribution in [3.05, 3.63) is 29.6 Å². The molecule has 1 rings (SSSR count). The van der Waals surface area contributed by atoms with E-state index in [1.54, 1.807) is 13.0 Å². The van der Waals surface area contributed by atoms with Crippen molar-refractivity contribution in [2.45, 2.75) is 26.7 Å². The molecule has 1 aromatic carbocycles. The first-order valence-electron chi connectivity index (χ1n) is 6.40. The van der Waals surface area contributed by atoms with Crippen molar-refractivity contribution in [2.24, 2.45) is 11.1 Å². The van der Waals surface area contributed by atoms with E-state index < -0.39 is 11.2 Å². The van der Waals surface area contributed by atoms with Crippen LogP contribution in [0.4, 0.5) is 10.1 Å². The molecule has 5 heteroatoms. The summed E-state index contributed by atoms with van der Waals surface area (Å²) in [7, 11) is 0. The molecule has 0 heterocycles. The average molecular weight is 268 g/mol. The van der Waals surface area contributed by atoms with Crippen LogP contribution in [-0.4, -0.2) is 19.1 Å². The number of esters is 1. The molecule has 106 valence electrons. The highest BCUT2D eigenvalue weighted by Gasteiger charge is 2.37. The monoisotopic (exact) mass is 268 g/mol. The minimum atomic E-state index is -0.807. The van der Waals surface area contributed by atoms with Gasteiger partial charge in [0.2, 0.25) is 0 Å². The van der Waals surface area contributed by atoms with Crippen molar-refractivity contribution >= 4 is 11.7 Å². The number of hydrogen-bond donors (Lipinski definition) is 2. The summed E-state index contributed by atoms with van der Waals surface area (Å²) in [5.74, 6) is -0.819. The third kappa shape index (κ3) is 3.44. The fourth-order valence-corrected chi connectivity index (χ4v) is 2.00. The summed E-state index contributed by atoms with van der Waals surface area (Å²) in [4.78, 5) is 12.1. The normalized spacial score (nSPS) is 13.9. The largest absolute Gasteiger partial charge is 0.466 e. The highest BCUT2D eigenvalue weighted by molar-refractivity contribution is 5.77. The SMILES string of the molecule is CCOC(=O)C(CC)(CN)Cc1ccc(N)c(F)c1. The first-order valence-corrected chi connectivity index (χ1v) is 6.40. The van der Waals surface area contributed by atoms with Gasteiger partial charge in [-0.05, 0) is 37.5 Å². The summed E-state index contributed by atoms with van der Waals surface area (Å²) in [5.41, 5.74) is 11.2. The van der Waals surface area contributed by atoms with E-state index in [1.807, 2.05) is 6.92 Å². The Morgan fingerprint density at radius 2 is 2.11 bits per heavy atom. The van der Waals surface area contributed by atoms with Crippen molar-refractivity contribution in [1.82, 2.24) is 0 Å². The minimum absolute atomic E-state index is 0.0923. The van der Waals surface area contributed by atoms with Gasteiger partial charge in [0.25, 0.3) is 0 Å². The maximum absolute atomic E-state index is 13.4. The van der Waals surface area contributed by atoms with E-state index in [0.717, 1.165) is 0 Å². The molecular weight excluding hydrogens is 247 g/mol. The van der Waals surface area contributed by atoms with Crippen LogP contribution in [0, 0.1) is 11.2 Å².